The normalized spacial score (nSPS) is 12.3. The largest absolute Gasteiger partial charge is 0.506 e. The summed E-state index contributed by atoms with van der Waals surface area (Å²) in [6.07, 6.45) is -0.681. The van der Waals surface area contributed by atoms with E-state index in [1.807, 2.05) is 0 Å². The minimum Gasteiger partial charge on any atom is -0.506 e. The molecule has 0 saturated carbocycles. The lowest BCUT2D eigenvalue weighted by Crippen LogP contribution is -2.20. The molecule has 1 unspecified atom stereocenters. The summed E-state index contributed by atoms with van der Waals surface area (Å²) in [6.45, 7) is 0.243. The number of rotatable bonds is 5. The van der Waals surface area contributed by atoms with E-state index >= 15 is 0 Å². The third-order valence-electron chi connectivity index (χ3n) is 2.31. The van der Waals surface area contributed by atoms with Gasteiger partial charge in [0.15, 0.2) is 0 Å². The third kappa shape index (κ3) is 2.88. The summed E-state index contributed by atoms with van der Waals surface area (Å²) in [6, 6.07) is 4.85. The molecule has 1 aromatic heterocycles. The summed E-state index contributed by atoms with van der Waals surface area (Å²) >= 11 is 5.49. The minimum absolute atomic E-state index is 0.0732. The Kier molecular flexibility index (Phi) is 3.96. The van der Waals surface area contributed by atoms with E-state index in [0.29, 0.717) is 17.1 Å². The fourth-order valence-electron chi connectivity index (χ4n) is 1.38. The van der Waals surface area contributed by atoms with Crippen LogP contribution in [0.2, 0.25) is 0 Å². The highest BCUT2D eigenvalue weighted by atomic mass is 35.5. The highest BCUT2D eigenvalue weighted by Gasteiger charge is 2.09. The van der Waals surface area contributed by atoms with Gasteiger partial charge in [-0.15, -0.1) is 21.8 Å². The topological polar surface area (TPSA) is 107 Å². The van der Waals surface area contributed by atoms with Crippen LogP contribution in [0.3, 0.4) is 0 Å². The standard InChI is InChI=1S/C10H12ClN5O2/c11-4-7(17)5-12-8-3-6(1-2-9(8)18)10-13-15-16-14-10/h1-3,7,12,17-18H,4-5H2,(H,13,14,15,16). The Morgan fingerprint density at radius 2 is 2.28 bits per heavy atom. The van der Waals surface area contributed by atoms with Crippen molar-refractivity contribution in [3.63, 3.8) is 0 Å². The second-order valence-corrected chi connectivity index (χ2v) is 3.96. The molecule has 2 rings (SSSR count). The highest BCUT2D eigenvalue weighted by Crippen LogP contribution is 2.27. The van der Waals surface area contributed by atoms with E-state index in [-0.39, 0.29) is 18.2 Å². The van der Waals surface area contributed by atoms with Gasteiger partial charge in [0.05, 0.1) is 17.7 Å². The molecule has 1 heterocycles. The van der Waals surface area contributed by atoms with E-state index in [4.69, 9.17) is 11.6 Å². The lowest BCUT2D eigenvalue weighted by molar-refractivity contribution is 0.211. The van der Waals surface area contributed by atoms with Crippen molar-refractivity contribution in [2.45, 2.75) is 6.10 Å². The number of aliphatic hydroxyl groups excluding tert-OH is 1. The van der Waals surface area contributed by atoms with Crippen LogP contribution in [0, 0.1) is 0 Å². The number of H-pyrrole nitrogens is 1. The number of phenolic OH excluding ortho intramolecular Hbond substituents is 1. The molecule has 2 aromatic rings. The maximum atomic E-state index is 9.68. The number of nitrogens with zero attached hydrogens (tertiary/aromatic N) is 3. The van der Waals surface area contributed by atoms with E-state index in [1.54, 1.807) is 12.1 Å². The number of aromatic hydroxyl groups is 1. The first kappa shape index (κ1) is 12.6. The summed E-state index contributed by atoms with van der Waals surface area (Å²) in [7, 11) is 0. The van der Waals surface area contributed by atoms with Crippen LogP contribution >= 0.6 is 11.6 Å². The molecule has 7 nitrogen and oxygen atoms in total. The molecule has 1 atom stereocenters. The van der Waals surface area contributed by atoms with E-state index in [2.05, 4.69) is 25.9 Å². The average Bonchev–Trinajstić information content (AvgIpc) is 2.91. The van der Waals surface area contributed by atoms with Gasteiger partial charge in [-0.2, -0.15) is 5.21 Å². The number of aromatic amines is 1. The fourth-order valence-corrected chi connectivity index (χ4v) is 1.49. The molecular formula is C10H12ClN5O2. The SMILES string of the molecule is Oc1ccc(-c2nn[nH]n2)cc1NCC(O)CCl. The first-order valence-electron chi connectivity index (χ1n) is 5.25. The van der Waals surface area contributed by atoms with Crippen molar-refractivity contribution in [3.05, 3.63) is 18.2 Å². The van der Waals surface area contributed by atoms with E-state index < -0.39 is 6.10 Å². The van der Waals surface area contributed by atoms with Crippen LogP contribution in [0.1, 0.15) is 0 Å². The lowest BCUT2D eigenvalue weighted by atomic mass is 10.1. The number of alkyl halides is 1. The Morgan fingerprint density at radius 3 is 2.94 bits per heavy atom. The number of phenols is 1. The maximum absolute atomic E-state index is 9.68. The predicted octanol–water partition coefficient (Wildman–Crippen LogP) is 0.584. The van der Waals surface area contributed by atoms with Crippen LogP contribution in [0.25, 0.3) is 11.4 Å². The zero-order chi connectivity index (χ0) is 13.0. The molecule has 0 aliphatic carbocycles. The molecule has 0 radical (unpaired) electrons. The number of tetrazole rings is 1. The number of halogens is 1. The number of hydrogen-bond acceptors (Lipinski definition) is 6. The second kappa shape index (κ2) is 5.65. The van der Waals surface area contributed by atoms with Gasteiger partial charge in [-0.25, -0.2) is 0 Å². The number of aliphatic hydroxyl groups is 1. The number of anilines is 1. The molecule has 0 saturated heterocycles. The fraction of sp³-hybridized carbons (Fsp3) is 0.300. The van der Waals surface area contributed by atoms with Crippen molar-refractivity contribution in [2.75, 3.05) is 17.7 Å². The van der Waals surface area contributed by atoms with Gasteiger partial charge in [0, 0.05) is 12.1 Å². The van der Waals surface area contributed by atoms with Crippen LogP contribution in [0.5, 0.6) is 5.75 Å². The summed E-state index contributed by atoms with van der Waals surface area (Å²) in [5, 5.41) is 35.4. The zero-order valence-corrected chi connectivity index (χ0v) is 10.1. The molecule has 0 aliphatic heterocycles. The van der Waals surface area contributed by atoms with Gasteiger partial charge < -0.3 is 15.5 Å². The van der Waals surface area contributed by atoms with Crippen molar-refractivity contribution in [1.82, 2.24) is 20.6 Å². The monoisotopic (exact) mass is 269 g/mol. The van der Waals surface area contributed by atoms with Crippen LogP contribution in [-0.2, 0) is 0 Å². The first-order chi connectivity index (χ1) is 8.70. The van der Waals surface area contributed by atoms with Crippen molar-refractivity contribution in [2.24, 2.45) is 0 Å². The molecule has 0 aliphatic rings. The van der Waals surface area contributed by atoms with Crippen molar-refractivity contribution < 1.29 is 10.2 Å². The molecule has 1 aromatic carbocycles. The van der Waals surface area contributed by atoms with Crippen molar-refractivity contribution >= 4 is 17.3 Å². The maximum Gasteiger partial charge on any atom is 0.204 e. The van der Waals surface area contributed by atoms with Crippen molar-refractivity contribution in [3.8, 4) is 17.1 Å². The molecule has 0 spiro atoms. The molecule has 0 amide bonds. The molecule has 0 bridgehead atoms. The highest BCUT2D eigenvalue weighted by molar-refractivity contribution is 6.18. The van der Waals surface area contributed by atoms with Gasteiger partial charge in [-0.1, -0.05) is 0 Å². The Bertz CT molecular complexity index is 505. The van der Waals surface area contributed by atoms with Gasteiger partial charge in [-0.3, -0.25) is 0 Å². The quantitative estimate of drug-likeness (QED) is 0.467. The molecule has 18 heavy (non-hydrogen) atoms. The van der Waals surface area contributed by atoms with Crippen LogP contribution in [-0.4, -0.2) is 49.4 Å². The number of hydrogen-bond donors (Lipinski definition) is 4. The van der Waals surface area contributed by atoms with Gasteiger partial charge in [0.2, 0.25) is 5.82 Å². The molecule has 4 N–H and O–H groups in total. The van der Waals surface area contributed by atoms with Gasteiger partial charge in [-0.05, 0) is 23.4 Å². The Labute approximate surface area is 108 Å². The van der Waals surface area contributed by atoms with Gasteiger partial charge in [0.1, 0.15) is 5.75 Å². The Hall–Kier alpha value is -1.86. The Balaban J connectivity index is 2.17. The molecule has 96 valence electrons. The molecule has 0 fully saturated rings. The van der Waals surface area contributed by atoms with Gasteiger partial charge >= 0.3 is 0 Å². The summed E-state index contributed by atoms with van der Waals surface area (Å²) in [5.74, 6) is 0.623. The van der Waals surface area contributed by atoms with Gasteiger partial charge in [0.25, 0.3) is 0 Å². The van der Waals surface area contributed by atoms with E-state index in [0.717, 1.165) is 0 Å². The van der Waals surface area contributed by atoms with Crippen LogP contribution in [0.15, 0.2) is 18.2 Å². The van der Waals surface area contributed by atoms with E-state index in [1.165, 1.54) is 6.07 Å². The average molecular weight is 270 g/mol. The number of aromatic nitrogens is 4. The summed E-state index contributed by atoms with van der Waals surface area (Å²) in [4.78, 5) is 0. The number of nitrogens with one attached hydrogen (secondary N) is 2. The molecular weight excluding hydrogens is 258 g/mol. The summed E-state index contributed by atoms with van der Waals surface area (Å²) < 4.78 is 0. The van der Waals surface area contributed by atoms with Crippen molar-refractivity contribution in [1.29, 1.82) is 0 Å². The zero-order valence-electron chi connectivity index (χ0n) is 9.34. The second-order valence-electron chi connectivity index (χ2n) is 3.66. The summed E-state index contributed by atoms with van der Waals surface area (Å²) in [5.41, 5.74) is 1.17. The van der Waals surface area contributed by atoms with E-state index in [9.17, 15) is 10.2 Å². The third-order valence-corrected chi connectivity index (χ3v) is 2.66. The molecule has 8 heteroatoms. The van der Waals surface area contributed by atoms with Crippen LogP contribution < -0.4 is 5.32 Å². The number of benzene rings is 1. The first-order valence-corrected chi connectivity index (χ1v) is 5.79. The predicted molar refractivity (Wildman–Crippen MR) is 66.5 cm³/mol. The minimum atomic E-state index is -0.681. The lowest BCUT2D eigenvalue weighted by Gasteiger charge is -2.11. The smallest absolute Gasteiger partial charge is 0.204 e. The van der Waals surface area contributed by atoms with Crippen LogP contribution in [0.4, 0.5) is 5.69 Å². The Morgan fingerprint density at radius 1 is 1.44 bits per heavy atom.